The maximum atomic E-state index is 13.7. The molecule has 1 aromatic carbocycles. The van der Waals surface area contributed by atoms with E-state index in [1.807, 2.05) is 19.0 Å². The van der Waals surface area contributed by atoms with Gasteiger partial charge in [0.25, 0.3) is 5.91 Å². The molecule has 5 atom stereocenters. The minimum Gasteiger partial charge on any atom is -0.511 e. The summed E-state index contributed by atoms with van der Waals surface area (Å²) in [6.07, 6.45) is -1.96. The number of benzene rings is 1. The van der Waals surface area contributed by atoms with Gasteiger partial charge in [-0.2, -0.15) is 0 Å². The van der Waals surface area contributed by atoms with Crippen molar-refractivity contribution >= 4 is 23.3 Å². The lowest BCUT2D eigenvalue weighted by molar-refractivity contribution is -0.149. The van der Waals surface area contributed by atoms with Gasteiger partial charge in [0.05, 0.1) is 11.5 Å². The van der Waals surface area contributed by atoms with Crippen molar-refractivity contribution in [1.82, 2.24) is 4.90 Å². The first kappa shape index (κ1) is 25.6. The van der Waals surface area contributed by atoms with Crippen LogP contribution in [0.2, 0.25) is 0 Å². The number of amides is 1. The van der Waals surface area contributed by atoms with Crippen LogP contribution in [0.1, 0.15) is 52.5 Å². The molecule has 0 radical (unpaired) electrons. The molecule has 0 spiro atoms. The highest BCUT2D eigenvalue weighted by molar-refractivity contribution is 6.24. The van der Waals surface area contributed by atoms with Gasteiger partial charge in [-0.25, -0.2) is 0 Å². The summed E-state index contributed by atoms with van der Waals surface area (Å²) in [5.74, 6) is -6.33. The Balaban J connectivity index is 1.84. The number of hydrogen-bond donors (Lipinski definition) is 4. The van der Waals surface area contributed by atoms with E-state index in [0.717, 1.165) is 0 Å². The number of hydrogen-bond acceptors (Lipinski definition) is 10. The lowest BCUT2D eigenvalue weighted by atomic mass is 9.47. The Labute approximate surface area is 206 Å². The molecule has 4 rings (SSSR count). The molecule has 1 amide bonds. The molecule has 0 heterocycles. The summed E-state index contributed by atoms with van der Waals surface area (Å²) in [4.78, 5) is 66.1. The van der Waals surface area contributed by atoms with Crippen LogP contribution in [-0.2, 0) is 16.0 Å². The topological polar surface area (TPSA) is 188 Å². The van der Waals surface area contributed by atoms with Crippen molar-refractivity contribution in [2.75, 3.05) is 20.6 Å². The number of nitrogens with two attached hydrogens (primary N) is 1. The summed E-state index contributed by atoms with van der Waals surface area (Å²) in [6.45, 7) is 1.97. The first-order valence-corrected chi connectivity index (χ1v) is 11.7. The predicted molar refractivity (Wildman–Crippen MR) is 126 cm³/mol. The van der Waals surface area contributed by atoms with Crippen molar-refractivity contribution < 1.29 is 34.5 Å². The van der Waals surface area contributed by atoms with Gasteiger partial charge in [-0.3, -0.25) is 19.2 Å². The molecule has 0 bridgehead atoms. The molecule has 1 aromatic rings. The Morgan fingerprint density at radius 2 is 1.89 bits per heavy atom. The third kappa shape index (κ3) is 3.40. The second kappa shape index (κ2) is 8.59. The molecule has 192 valence electrons. The van der Waals surface area contributed by atoms with Gasteiger partial charge in [-0.1, -0.05) is 12.1 Å². The Hall–Kier alpha value is -3.44. The first-order valence-electron chi connectivity index (χ1n) is 11.7. The standard InChI is InChI=1S/C25H29N3O8/c1-24-9-11-8-13-12(14(29)6-7-28(2)3)4-5-15(30)18(13)20(32)17(11)21(33)25(24,27-36)22(34)19(23(26)35)16(31)10-24/h4-5,11,17,21,30-31,33H,6-10H2,1-3H3,(H2,26,35)/t11-,17?,21?,24-,25-/m0/s1. The Bertz CT molecular complexity index is 1240. The van der Waals surface area contributed by atoms with Crippen molar-refractivity contribution in [3.05, 3.63) is 45.1 Å². The number of carbonyl (C=O) groups excluding carboxylic acids is 4. The lowest BCUT2D eigenvalue weighted by Gasteiger charge is -2.56. The molecule has 1 saturated carbocycles. The van der Waals surface area contributed by atoms with E-state index in [1.165, 1.54) is 19.1 Å². The Kier molecular flexibility index (Phi) is 6.12. The van der Waals surface area contributed by atoms with E-state index >= 15 is 0 Å². The highest BCUT2D eigenvalue weighted by atomic mass is 16.3. The number of aromatic hydroxyl groups is 1. The van der Waals surface area contributed by atoms with Crippen LogP contribution in [0.4, 0.5) is 0 Å². The monoisotopic (exact) mass is 499 g/mol. The van der Waals surface area contributed by atoms with Gasteiger partial charge in [-0.15, -0.1) is 4.91 Å². The molecule has 0 saturated heterocycles. The van der Waals surface area contributed by atoms with Crippen LogP contribution in [0.15, 0.2) is 28.6 Å². The first-order chi connectivity index (χ1) is 16.8. The molecule has 0 aliphatic heterocycles. The third-order valence-electron chi connectivity index (χ3n) is 8.11. The number of aliphatic hydroxyl groups excluding tert-OH is 2. The maximum absolute atomic E-state index is 13.7. The second-order valence-corrected chi connectivity index (χ2v) is 10.6. The third-order valence-corrected chi connectivity index (χ3v) is 8.11. The van der Waals surface area contributed by atoms with Gasteiger partial charge >= 0.3 is 0 Å². The van der Waals surface area contributed by atoms with Gasteiger partial charge in [0.2, 0.25) is 5.78 Å². The minimum absolute atomic E-state index is 0.00841. The van der Waals surface area contributed by atoms with E-state index in [0.29, 0.717) is 17.7 Å². The van der Waals surface area contributed by atoms with Crippen LogP contribution in [0.25, 0.3) is 0 Å². The van der Waals surface area contributed by atoms with Crippen LogP contribution in [-0.4, -0.2) is 75.8 Å². The summed E-state index contributed by atoms with van der Waals surface area (Å²) < 4.78 is 0. The van der Waals surface area contributed by atoms with Crippen molar-refractivity contribution in [3.63, 3.8) is 0 Å². The zero-order valence-electron chi connectivity index (χ0n) is 20.3. The van der Waals surface area contributed by atoms with Gasteiger partial charge in [0.15, 0.2) is 17.1 Å². The van der Waals surface area contributed by atoms with E-state index in [9.17, 15) is 39.4 Å². The fraction of sp³-hybridized carbons (Fsp3) is 0.520. The molecular weight excluding hydrogens is 470 g/mol. The van der Waals surface area contributed by atoms with Gasteiger partial charge in [0, 0.05) is 30.4 Å². The van der Waals surface area contributed by atoms with Crippen LogP contribution in [0.3, 0.4) is 0 Å². The summed E-state index contributed by atoms with van der Waals surface area (Å²) in [5.41, 5.74) is 1.09. The number of phenols is 1. The quantitative estimate of drug-likeness (QED) is 0.252. The number of aliphatic hydroxyl groups is 2. The van der Waals surface area contributed by atoms with E-state index in [4.69, 9.17) is 5.73 Å². The summed E-state index contributed by atoms with van der Waals surface area (Å²) >= 11 is 0. The smallest absolute Gasteiger partial charge is 0.255 e. The Morgan fingerprint density at radius 3 is 2.47 bits per heavy atom. The van der Waals surface area contributed by atoms with Crippen LogP contribution in [0.5, 0.6) is 5.75 Å². The average molecular weight is 500 g/mol. The number of Topliss-reactive ketones (excluding diaryl/α,β-unsaturated/α-hetero) is 3. The van der Waals surface area contributed by atoms with E-state index in [1.54, 1.807) is 0 Å². The summed E-state index contributed by atoms with van der Waals surface area (Å²) in [6, 6.07) is 2.71. The SMILES string of the molecule is CN(C)CCC(=O)c1ccc(O)c2c1C[C@H]1C[C@@]3(C)CC(O)=C(C(N)=O)C(=O)[C@@]3(N=O)C(O)C1C2=O. The number of nitroso groups, excluding NO2 is 1. The molecule has 1 fully saturated rings. The van der Waals surface area contributed by atoms with E-state index in [-0.39, 0.29) is 42.8 Å². The van der Waals surface area contributed by atoms with Crippen molar-refractivity contribution in [1.29, 1.82) is 0 Å². The number of fused-ring (bicyclic) bond motifs is 3. The molecule has 2 unspecified atom stereocenters. The van der Waals surface area contributed by atoms with E-state index < -0.39 is 57.7 Å². The number of primary amides is 1. The molecule has 0 aromatic heterocycles. The van der Waals surface area contributed by atoms with Crippen molar-refractivity contribution in [2.24, 2.45) is 28.2 Å². The highest BCUT2D eigenvalue weighted by Crippen LogP contribution is 2.60. The zero-order valence-corrected chi connectivity index (χ0v) is 20.3. The fourth-order valence-electron chi connectivity index (χ4n) is 6.42. The number of carbonyl (C=O) groups is 4. The highest BCUT2D eigenvalue weighted by Gasteiger charge is 2.71. The molecule has 3 aliphatic carbocycles. The number of phenolic OH excluding ortho intramolecular Hbond substituents is 1. The molecule has 3 aliphatic rings. The maximum Gasteiger partial charge on any atom is 0.255 e. The Morgan fingerprint density at radius 1 is 1.22 bits per heavy atom. The molecular formula is C25H29N3O8. The molecule has 11 heteroatoms. The van der Waals surface area contributed by atoms with Gasteiger partial charge in [0.1, 0.15) is 23.2 Å². The van der Waals surface area contributed by atoms with Gasteiger partial charge < -0.3 is 26.0 Å². The van der Waals surface area contributed by atoms with Gasteiger partial charge in [-0.05, 0) is 50.6 Å². The second-order valence-electron chi connectivity index (χ2n) is 10.6. The summed E-state index contributed by atoms with van der Waals surface area (Å²) in [5, 5.41) is 35.5. The average Bonchev–Trinajstić information content (AvgIpc) is 2.76. The van der Waals surface area contributed by atoms with Crippen LogP contribution < -0.4 is 5.73 Å². The van der Waals surface area contributed by atoms with Crippen LogP contribution >= 0.6 is 0 Å². The van der Waals surface area contributed by atoms with E-state index in [2.05, 4.69) is 5.18 Å². The fourth-order valence-corrected chi connectivity index (χ4v) is 6.42. The molecule has 36 heavy (non-hydrogen) atoms. The molecule has 11 nitrogen and oxygen atoms in total. The largest absolute Gasteiger partial charge is 0.511 e. The van der Waals surface area contributed by atoms with Crippen molar-refractivity contribution in [2.45, 2.75) is 44.2 Å². The van der Waals surface area contributed by atoms with Crippen molar-refractivity contribution in [3.8, 4) is 5.75 Å². The zero-order chi connectivity index (χ0) is 26.7. The predicted octanol–water partition coefficient (Wildman–Crippen LogP) is 1.04. The van der Waals surface area contributed by atoms with Crippen LogP contribution in [0, 0.1) is 22.2 Å². The minimum atomic E-state index is -2.44. The lowest BCUT2D eigenvalue weighted by Crippen LogP contribution is -2.70. The number of nitrogens with zero attached hydrogens (tertiary/aromatic N) is 2. The summed E-state index contributed by atoms with van der Waals surface area (Å²) in [7, 11) is 3.65. The molecule has 5 N–H and O–H groups in total. The number of allylic oxidation sites excluding steroid dienone is 1. The number of ketones is 3. The normalized spacial score (nSPS) is 31.5. The number of rotatable bonds is 6.